The molecule has 21 heavy (non-hydrogen) atoms. The molecule has 1 aliphatic carbocycles. The van der Waals surface area contributed by atoms with Crippen LogP contribution in [0.2, 0.25) is 0 Å². The Hall–Kier alpha value is -1.81. The molecule has 0 bridgehead atoms. The van der Waals surface area contributed by atoms with Crippen LogP contribution in [-0.2, 0) is 0 Å². The number of nitrogens with zero attached hydrogens (tertiary/aromatic N) is 1. The van der Waals surface area contributed by atoms with Gasteiger partial charge in [0.2, 0.25) is 0 Å². The topological polar surface area (TPSA) is 48.1 Å². The fourth-order valence-electron chi connectivity index (χ4n) is 3.30. The van der Waals surface area contributed by atoms with Crippen LogP contribution in [0.5, 0.6) is 0 Å². The summed E-state index contributed by atoms with van der Waals surface area (Å²) >= 11 is 0. The number of aromatic amines is 1. The van der Waals surface area contributed by atoms with E-state index in [1.54, 1.807) is 0 Å². The van der Waals surface area contributed by atoms with Gasteiger partial charge in [-0.1, -0.05) is 18.2 Å². The van der Waals surface area contributed by atoms with E-state index in [1.165, 1.54) is 0 Å². The number of aromatic nitrogens is 1. The molecule has 2 N–H and O–H groups in total. The Kier molecular flexibility index (Phi) is 3.97. The van der Waals surface area contributed by atoms with Gasteiger partial charge in [0, 0.05) is 30.0 Å². The van der Waals surface area contributed by atoms with Gasteiger partial charge in [0.05, 0.1) is 0 Å². The summed E-state index contributed by atoms with van der Waals surface area (Å²) in [6.45, 7) is 0. The second-order valence-corrected chi connectivity index (χ2v) is 5.98. The monoisotopic (exact) mass is 285 g/mol. The number of amides is 1. The molecule has 0 aliphatic heterocycles. The van der Waals surface area contributed by atoms with Crippen LogP contribution >= 0.6 is 0 Å². The summed E-state index contributed by atoms with van der Waals surface area (Å²) in [6.07, 6.45) is 4.44. The van der Waals surface area contributed by atoms with E-state index in [-0.39, 0.29) is 5.91 Å². The maximum atomic E-state index is 12.6. The molecule has 4 heteroatoms. The summed E-state index contributed by atoms with van der Waals surface area (Å²) < 4.78 is 0. The van der Waals surface area contributed by atoms with Gasteiger partial charge >= 0.3 is 0 Å². The number of para-hydroxylation sites is 1. The zero-order chi connectivity index (χ0) is 14.8. The number of carbonyl (C=O) groups is 1. The van der Waals surface area contributed by atoms with Crippen molar-refractivity contribution < 1.29 is 4.79 Å². The smallest absolute Gasteiger partial charge is 0.270 e. The average Bonchev–Trinajstić information content (AvgIpc) is 2.97. The Bertz CT molecular complexity index is 593. The SMILES string of the molecule is CNC1CCC(N(C)C(=O)c2cc3ccccc3[nH]2)CC1. The molecule has 1 aliphatic rings. The summed E-state index contributed by atoms with van der Waals surface area (Å²) in [7, 11) is 3.95. The molecule has 1 fully saturated rings. The normalized spacial score (nSPS) is 22.4. The van der Waals surface area contributed by atoms with E-state index >= 15 is 0 Å². The van der Waals surface area contributed by atoms with Gasteiger partial charge in [-0.05, 0) is 44.9 Å². The van der Waals surface area contributed by atoms with E-state index in [0.29, 0.717) is 17.8 Å². The molecule has 1 aromatic carbocycles. The van der Waals surface area contributed by atoms with Crippen LogP contribution < -0.4 is 5.32 Å². The minimum absolute atomic E-state index is 0.0964. The summed E-state index contributed by atoms with van der Waals surface area (Å²) in [5.74, 6) is 0.0964. The Labute approximate surface area is 125 Å². The molecule has 0 radical (unpaired) electrons. The minimum Gasteiger partial charge on any atom is -0.351 e. The van der Waals surface area contributed by atoms with Crippen molar-refractivity contribution >= 4 is 16.8 Å². The number of carbonyl (C=O) groups excluding carboxylic acids is 1. The van der Waals surface area contributed by atoms with Gasteiger partial charge in [0.25, 0.3) is 5.91 Å². The lowest BCUT2D eigenvalue weighted by Crippen LogP contribution is -2.42. The van der Waals surface area contributed by atoms with Crippen molar-refractivity contribution in [3.8, 4) is 0 Å². The lowest BCUT2D eigenvalue weighted by Gasteiger charge is -2.34. The lowest BCUT2D eigenvalue weighted by molar-refractivity contribution is 0.0681. The predicted molar refractivity (Wildman–Crippen MR) is 85.5 cm³/mol. The molecule has 0 unspecified atom stereocenters. The molecule has 0 saturated heterocycles. The highest BCUT2D eigenvalue weighted by Crippen LogP contribution is 2.24. The van der Waals surface area contributed by atoms with Gasteiger partial charge in [0.1, 0.15) is 5.69 Å². The summed E-state index contributed by atoms with van der Waals surface area (Å²) in [6, 6.07) is 10.9. The molecule has 1 heterocycles. The van der Waals surface area contributed by atoms with E-state index in [4.69, 9.17) is 0 Å². The van der Waals surface area contributed by atoms with Crippen molar-refractivity contribution in [3.63, 3.8) is 0 Å². The van der Waals surface area contributed by atoms with Crippen LogP contribution in [0, 0.1) is 0 Å². The Morgan fingerprint density at radius 2 is 1.95 bits per heavy atom. The van der Waals surface area contributed by atoms with Crippen molar-refractivity contribution in [3.05, 3.63) is 36.0 Å². The van der Waals surface area contributed by atoms with Crippen LogP contribution in [-0.4, -0.2) is 42.0 Å². The van der Waals surface area contributed by atoms with Crippen LogP contribution in [0.1, 0.15) is 36.2 Å². The van der Waals surface area contributed by atoms with Crippen molar-refractivity contribution in [2.24, 2.45) is 0 Å². The number of rotatable bonds is 3. The fraction of sp³-hybridized carbons (Fsp3) is 0.471. The lowest BCUT2D eigenvalue weighted by atomic mass is 9.90. The first-order valence-corrected chi connectivity index (χ1v) is 7.71. The quantitative estimate of drug-likeness (QED) is 0.911. The highest BCUT2D eigenvalue weighted by Gasteiger charge is 2.27. The van der Waals surface area contributed by atoms with E-state index in [0.717, 1.165) is 36.6 Å². The van der Waals surface area contributed by atoms with Crippen LogP contribution in [0.3, 0.4) is 0 Å². The van der Waals surface area contributed by atoms with Crippen LogP contribution in [0.4, 0.5) is 0 Å². The number of H-pyrrole nitrogens is 1. The largest absolute Gasteiger partial charge is 0.351 e. The van der Waals surface area contributed by atoms with Gasteiger partial charge in [0.15, 0.2) is 0 Å². The Balaban J connectivity index is 1.72. The van der Waals surface area contributed by atoms with Crippen molar-refractivity contribution in [1.29, 1.82) is 0 Å². The van der Waals surface area contributed by atoms with Crippen LogP contribution in [0.25, 0.3) is 10.9 Å². The molecular formula is C17H23N3O. The zero-order valence-electron chi connectivity index (χ0n) is 12.7. The molecule has 1 aromatic heterocycles. The second kappa shape index (κ2) is 5.90. The average molecular weight is 285 g/mol. The van der Waals surface area contributed by atoms with E-state index < -0.39 is 0 Å². The first-order valence-electron chi connectivity index (χ1n) is 7.71. The van der Waals surface area contributed by atoms with E-state index in [1.807, 2.05) is 49.3 Å². The van der Waals surface area contributed by atoms with Crippen molar-refractivity contribution in [1.82, 2.24) is 15.2 Å². The molecule has 0 spiro atoms. The zero-order valence-corrected chi connectivity index (χ0v) is 12.7. The van der Waals surface area contributed by atoms with Crippen LogP contribution in [0.15, 0.2) is 30.3 Å². The molecule has 2 aromatic rings. The first kappa shape index (κ1) is 14.1. The molecule has 0 atom stereocenters. The van der Waals surface area contributed by atoms with E-state index in [2.05, 4.69) is 10.3 Å². The van der Waals surface area contributed by atoms with Gasteiger partial charge in [-0.2, -0.15) is 0 Å². The fourth-order valence-corrected chi connectivity index (χ4v) is 3.30. The maximum Gasteiger partial charge on any atom is 0.270 e. The third kappa shape index (κ3) is 2.81. The Morgan fingerprint density at radius 3 is 2.62 bits per heavy atom. The summed E-state index contributed by atoms with van der Waals surface area (Å²) in [4.78, 5) is 17.8. The predicted octanol–water partition coefficient (Wildman–Crippen LogP) is 2.77. The van der Waals surface area contributed by atoms with Crippen molar-refractivity contribution in [2.75, 3.05) is 14.1 Å². The van der Waals surface area contributed by atoms with Gasteiger partial charge in [-0.15, -0.1) is 0 Å². The van der Waals surface area contributed by atoms with Crippen molar-refractivity contribution in [2.45, 2.75) is 37.8 Å². The van der Waals surface area contributed by atoms with E-state index in [9.17, 15) is 4.79 Å². The second-order valence-electron chi connectivity index (χ2n) is 5.98. The third-order valence-electron chi connectivity index (χ3n) is 4.73. The Morgan fingerprint density at radius 1 is 1.24 bits per heavy atom. The standard InChI is InChI=1S/C17H23N3O/c1-18-13-7-9-14(10-8-13)20(2)17(21)16-11-12-5-3-4-6-15(12)19-16/h3-6,11,13-14,18-19H,7-10H2,1-2H3. The molecular weight excluding hydrogens is 262 g/mol. The van der Waals surface area contributed by atoms with Gasteiger partial charge in [-0.25, -0.2) is 0 Å². The number of fused-ring (bicyclic) bond motifs is 1. The highest BCUT2D eigenvalue weighted by atomic mass is 16.2. The molecule has 112 valence electrons. The number of benzene rings is 1. The highest BCUT2D eigenvalue weighted by molar-refractivity contribution is 5.98. The molecule has 3 rings (SSSR count). The molecule has 1 saturated carbocycles. The minimum atomic E-state index is 0.0964. The maximum absolute atomic E-state index is 12.6. The number of hydrogen-bond donors (Lipinski definition) is 2. The molecule has 4 nitrogen and oxygen atoms in total. The first-order chi connectivity index (χ1) is 10.2. The van der Waals surface area contributed by atoms with Gasteiger partial charge < -0.3 is 15.2 Å². The summed E-state index contributed by atoms with van der Waals surface area (Å²) in [5, 5.41) is 4.42. The summed E-state index contributed by atoms with van der Waals surface area (Å²) in [5.41, 5.74) is 1.71. The third-order valence-corrected chi connectivity index (χ3v) is 4.73. The number of nitrogens with one attached hydrogen (secondary N) is 2. The number of hydrogen-bond acceptors (Lipinski definition) is 2. The van der Waals surface area contributed by atoms with Gasteiger partial charge in [-0.3, -0.25) is 4.79 Å². The molecule has 1 amide bonds.